The van der Waals surface area contributed by atoms with Gasteiger partial charge in [0.2, 0.25) is 0 Å². The summed E-state index contributed by atoms with van der Waals surface area (Å²) in [5.41, 5.74) is 2.54. The number of halogens is 1. The van der Waals surface area contributed by atoms with Crippen LogP contribution >= 0.6 is 27.3 Å². The maximum absolute atomic E-state index is 5.70. The molecule has 0 aliphatic heterocycles. The van der Waals surface area contributed by atoms with Gasteiger partial charge < -0.3 is 4.74 Å². The Balaban J connectivity index is 2.39. The highest BCUT2D eigenvalue weighted by Crippen LogP contribution is 2.41. The zero-order valence-electron chi connectivity index (χ0n) is 10.9. The first-order valence-corrected chi connectivity index (χ1v) is 7.79. The van der Waals surface area contributed by atoms with Crippen LogP contribution in [0.2, 0.25) is 0 Å². The van der Waals surface area contributed by atoms with Crippen LogP contribution in [0.1, 0.15) is 32.6 Å². The number of alkyl halides is 1. The predicted octanol–water partition coefficient (Wildman–Crippen LogP) is 5.25. The lowest BCUT2D eigenvalue weighted by Gasteiger charge is -2.15. The second-order valence-corrected chi connectivity index (χ2v) is 6.44. The molecule has 0 bridgehead atoms. The average molecular weight is 325 g/mol. The molecule has 1 aromatic heterocycles. The summed E-state index contributed by atoms with van der Waals surface area (Å²) >= 11 is 5.65. The fourth-order valence-electron chi connectivity index (χ4n) is 2.03. The normalized spacial score (nSPS) is 12.4. The largest absolute Gasteiger partial charge is 0.494 e. The molecular weight excluding hydrogens is 308 g/mol. The van der Waals surface area contributed by atoms with E-state index in [0.29, 0.717) is 6.61 Å². The molecule has 2 aromatic rings. The molecule has 0 spiro atoms. The zero-order chi connectivity index (χ0) is 13.1. The molecule has 2 rings (SSSR count). The maximum atomic E-state index is 5.70. The lowest BCUT2D eigenvalue weighted by molar-refractivity contribution is 0.337. The van der Waals surface area contributed by atoms with Crippen LogP contribution in [-0.4, -0.2) is 6.61 Å². The number of para-hydroxylation sites is 1. The highest BCUT2D eigenvalue weighted by atomic mass is 79.9. The number of aryl methyl sites for hydroxylation is 2. The van der Waals surface area contributed by atoms with Gasteiger partial charge in [0.15, 0.2) is 0 Å². The van der Waals surface area contributed by atoms with E-state index < -0.39 is 0 Å². The Morgan fingerprint density at radius 1 is 1.28 bits per heavy atom. The number of benzene rings is 1. The summed E-state index contributed by atoms with van der Waals surface area (Å²) < 4.78 is 5.70. The highest BCUT2D eigenvalue weighted by Gasteiger charge is 2.18. The first-order chi connectivity index (χ1) is 8.63. The van der Waals surface area contributed by atoms with E-state index in [4.69, 9.17) is 4.74 Å². The quantitative estimate of drug-likeness (QED) is 0.698. The van der Waals surface area contributed by atoms with Crippen LogP contribution in [0.25, 0.3) is 0 Å². The number of hydrogen-bond donors (Lipinski definition) is 0. The molecule has 18 heavy (non-hydrogen) atoms. The Kier molecular flexibility index (Phi) is 4.46. The van der Waals surface area contributed by atoms with Crippen LogP contribution in [0.15, 0.2) is 30.3 Å². The topological polar surface area (TPSA) is 9.23 Å². The third-order valence-corrected chi connectivity index (χ3v) is 5.27. The fourth-order valence-corrected chi connectivity index (χ4v) is 4.08. The van der Waals surface area contributed by atoms with Crippen LogP contribution < -0.4 is 4.74 Å². The standard InChI is InChI=1S/C15H17BrOS/c1-4-17-13-8-6-5-7-12(13)14(16)15-10(2)9-11(3)18-15/h5-9,14H,4H2,1-3H3. The minimum absolute atomic E-state index is 0.207. The van der Waals surface area contributed by atoms with Gasteiger partial charge in [-0.15, -0.1) is 11.3 Å². The minimum atomic E-state index is 0.207. The van der Waals surface area contributed by atoms with E-state index in [0.717, 1.165) is 5.75 Å². The lowest BCUT2D eigenvalue weighted by atomic mass is 10.1. The van der Waals surface area contributed by atoms with E-state index in [9.17, 15) is 0 Å². The van der Waals surface area contributed by atoms with Crippen LogP contribution in [-0.2, 0) is 0 Å². The van der Waals surface area contributed by atoms with E-state index in [1.54, 1.807) is 0 Å². The molecular formula is C15H17BrOS. The highest BCUT2D eigenvalue weighted by molar-refractivity contribution is 9.09. The Morgan fingerprint density at radius 2 is 2.00 bits per heavy atom. The summed E-state index contributed by atoms with van der Waals surface area (Å²) in [6, 6.07) is 10.5. The first-order valence-electron chi connectivity index (χ1n) is 6.06. The van der Waals surface area contributed by atoms with E-state index in [-0.39, 0.29) is 4.83 Å². The van der Waals surface area contributed by atoms with E-state index >= 15 is 0 Å². The molecule has 0 saturated carbocycles. The third kappa shape index (κ3) is 2.78. The number of thiophene rings is 1. The summed E-state index contributed by atoms with van der Waals surface area (Å²) in [5.74, 6) is 0.965. The number of ether oxygens (including phenoxy) is 1. The van der Waals surface area contributed by atoms with Crippen molar-refractivity contribution in [1.82, 2.24) is 0 Å². The van der Waals surface area contributed by atoms with Crippen molar-refractivity contribution in [1.29, 1.82) is 0 Å². The van der Waals surface area contributed by atoms with E-state index in [2.05, 4.69) is 48.0 Å². The molecule has 0 aliphatic rings. The Bertz CT molecular complexity index is 533. The van der Waals surface area contributed by atoms with Gasteiger partial charge in [0.1, 0.15) is 5.75 Å². The second kappa shape index (κ2) is 5.89. The molecule has 1 unspecified atom stereocenters. The van der Waals surface area contributed by atoms with Crippen molar-refractivity contribution in [2.24, 2.45) is 0 Å². The molecule has 0 radical (unpaired) electrons. The molecule has 0 saturated heterocycles. The molecule has 1 atom stereocenters. The summed E-state index contributed by atoms with van der Waals surface area (Å²) in [5, 5.41) is 0. The van der Waals surface area contributed by atoms with Gasteiger partial charge in [-0.1, -0.05) is 34.1 Å². The zero-order valence-corrected chi connectivity index (χ0v) is 13.3. The van der Waals surface area contributed by atoms with Crippen molar-refractivity contribution in [3.63, 3.8) is 0 Å². The Morgan fingerprint density at radius 3 is 2.61 bits per heavy atom. The van der Waals surface area contributed by atoms with Gasteiger partial charge >= 0.3 is 0 Å². The van der Waals surface area contributed by atoms with Gasteiger partial charge in [-0.25, -0.2) is 0 Å². The summed E-state index contributed by atoms with van der Waals surface area (Å²) in [6.45, 7) is 7.02. The van der Waals surface area contributed by atoms with Crippen molar-refractivity contribution in [2.45, 2.75) is 25.6 Å². The van der Waals surface area contributed by atoms with Crippen molar-refractivity contribution in [3.05, 3.63) is 51.2 Å². The lowest BCUT2D eigenvalue weighted by Crippen LogP contribution is -1.99. The fraction of sp³-hybridized carbons (Fsp3) is 0.333. The van der Waals surface area contributed by atoms with Crippen molar-refractivity contribution >= 4 is 27.3 Å². The van der Waals surface area contributed by atoms with Crippen LogP contribution in [0.5, 0.6) is 5.75 Å². The minimum Gasteiger partial charge on any atom is -0.494 e. The number of hydrogen-bond acceptors (Lipinski definition) is 2. The smallest absolute Gasteiger partial charge is 0.123 e. The molecule has 0 aliphatic carbocycles. The van der Waals surface area contributed by atoms with Crippen LogP contribution in [0.3, 0.4) is 0 Å². The third-order valence-electron chi connectivity index (χ3n) is 2.80. The van der Waals surface area contributed by atoms with Gasteiger partial charge in [-0.05, 0) is 38.5 Å². The summed E-state index contributed by atoms with van der Waals surface area (Å²) in [7, 11) is 0. The van der Waals surface area contributed by atoms with Crippen LogP contribution in [0.4, 0.5) is 0 Å². The SMILES string of the molecule is CCOc1ccccc1C(Br)c1sc(C)cc1C. The van der Waals surface area contributed by atoms with Gasteiger partial charge in [0.05, 0.1) is 11.4 Å². The summed E-state index contributed by atoms with van der Waals surface area (Å²) in [6.07, 6.45) is 0. The van der Waals surface area contributed by atoms with Crippen molar-refractivity contribution < 1.29 is 4.74 Å². The molecule has 96 valence electrons. The molecule has 3 heteroatoms. The Hall–Kier alpha value is -0.800. The van der Waals surface area contributed by atoms with Gasteiger partial charge in [0, 0.05) is 15.3 Å². The van der Waals surface area contributed by atoms with Crippen LogP contribution in [0, 0.1) is 13.8 Å². The molecule has 1 heterocycles. The van der Waals surface area contributed by atoms with E-state index in [1.165, 1.54) is 20.9 Å². The number of rotatable bonds is 4. The average Bonchev–Trinajstić information content (AvgIpc) is 2.69. The summed E-state index contributed by atoms with van der Waals surface area (Å²) in [4.78, 5) is 2.92. The van der Waals surface area contributed by atoms with Gasteiger partial charge in [-0.3, -0.25) is 0 Å². The monoisotopic (exact) mass is 324 g/mol. The second-order valence-electron chi connectivity index (χ2n) is 4.24. The predicted molar refractivity (Wildman–Crippen MR) is 82.2 cm³/mol. The van der Waals surface area contributed by atoms with Crippen molar-refractivity contribution in [2.75, 3.05) is 6.61 Å². The molecule has 0 N–H and O–H groups in total. The van der Waals surface area contributed by atoms with E-state index in [1.807, 2.05) is 30.4 Å². The molecule has 0 fully saturated rings. The molecule has 0 amide bonds. The molecule has 1 aromatic carbocycles. The first kappa shape index (κ1) is 13.6. The maximum Gasteiger partial charge on any atom is 0.123 e. The molecule has 1 nitrogen and oxygen atoms in total. The Labute approximate surface area is 121 Å². The van der Waals surface area contributed by atoms with Crippen molar-refractivity contribution in [3.8, 4) is 5.75 Å². The van der Waals surface area contributed by atoms with Gasteiger partial charge in [0.25, 0.3) is 0 Å². The van der Waals surface area contributed by atoms with Gasteiger partial charge in [-0.2, -0.15) is 0 Å².